The highest BCUT2D eigenvalue weighted by molar-refractivity contribution is 5.98. The number of nitrogens with zero attached hydrogens (tertiary/aromatic N) is 1. The molecule has 1 N–H and O–H groups in total. The summed E-state index contributed by atoms with van der Waals surface area (Å²) in [6, 6.07) is 1.29. The van der Waals surface area contributed by atoms with Gasteiger partial charge < -0.3 is 5.11 Å². The Hall–Kier alpha value is -2.05. The van der Waals surface area contributed by atoms with Crippen molar-refractivity contribution in [2.75, 3.05) is 0 Å². The number of Topliss-reactive ketones (excluding diaryl/α,β-unsaturated/α-hetero) is 1. The van der Waals surface area contributed by atoms with Crippen molar-refractivity contribution in [3.8, 4) is 5.75 Å². The fraction of sp³-hybridized carbons (Fsp3) is 0.222. The molecular weight excluding hydrogens is 224 g/mol. The van der Waals surface area contributed by atoms with Gasteiger partial charge in [-0.2, -0.15) is 0 Å². The van der Waals surface area contributed by atoms with Crippen LogP contribution in [0.2, 0.25) is 0 Å². The van der Waals surface area contributed by atoms with E-state index in [2.05, 4.69) is 0 Å². The van der Waals surface area contributed by atoms with Gasteiger partial charge in [0.15, 0.2) is 5.78 Å². The number of halogens is 2. The molecule has 0 heterocycles. The molecule has 0 aromatic heterocycles. The van der Waals surface area contributed by atoms with Crippen molar-refractivity contribution >= 4 is 11.5 Å². The summed E-state index contributed by atoms with van der Waals surface area (Å²) >= 11 is 0. The van der Waals surface area contributed by atoms with Gasteiger partial charge in [0, 0.05) is 11.6 Å². The molecular formula is C9H7F2NO4. The first kappa shape index (κ1) is 12.0. The molecule has 0 spiro atoms. The van der Waals surface area contributed by atoms with E-state index in [0.717, 1.165) is 13.0 Å². The summed E-state index contributed by atoms with van der Waals surface area (Å²) in [5.41, 5.74) is -2.05. The van der Waals surface area contributed by atoms with Crippen molar-refractivity contribution in [2.45, 2.75) is 13.3 Å². The van der Waals surface area contributed by atoms with Crippen molar-refractivity contribution in [3.05, 3.63) is 33.4 Å². The van der Waals surface area contributed by atoms with Crippen LogP contribution in [0.15, 0.2) is 12.1 Å². The van der Waals surface area contributed by atoms with Gasteiger partial charge in [-0.05, 0) is 13.0 Å². The van der Waals surface area contributed by atoms with Crippen LogP contribution in [0.3, 0.4) is 0 Å². The van der Waals surface area contributed by atoms with E-state index in [9.17, 15) is 28.8 Å². The van der Waals surface area contributed by atoms with Crippen LogP contribution >= 0.6 is 0 Å². The molecule has 7 heteroatoms. The SMILES string of the molecule is CC(=O)c1cc(C(F)F)cc([N+](=O)[O-])c1O. The molecule has 0 saturated heterocycles. The van der Waals surface area contributed by atoms with Gasteiger partial charge in [-0.3, -0.25) is 14.9 Å². The third-order valence-electron chi connectivity index (χ3n) is 1.94. The fourth-order valence-corrected chi connectivity index (χ4v) is 1.17. The number of carbonyl (C=O) groups excluding carboxylic acids is 1. The summed E-state index contributed by atoms with van der Waals surface area (Å²) in [6.45, 7) is 1.02. The van der Waals surface area contributed by atoms with Gasteiger partial charge in [0.1, 0.15) is 0 Å². The van der Waals surface area contributed by atoms with Crippen LogP contribution in [0, 0.1) is 10.1 Å². The summed E-state index contributed by atoms with van der Waals surface area (Å²) in [5.74, 6) is -1.61. The third-order valence-corrected chi connectivity index (χ3v) is 1.94. The van der Waals surface area contributed by atoms with Crippen molar-refractivity contribution in [1.29, 1.82) is 0 Å². The normalized spacial score (nSPS) is 10.5. The van der Waals surface area contributed by atoms with E-state index >= 15 is 0 Å². The standard InChI is InChI=1S/C9H7F2NO4/c1-4(13)6-2-5(9(10)11)3-7(8(6)14)12(15)16/h2-3,9,14H,1H3. The highest BCUT2D eigenvalue weighted by Crippen LogP contribution is 2.34. The van der Waals surface area contributed by atoms with Gasteiger partial charge >= 0.3 is 5.69 Å². The van der Waals surface area contributed by atoms with Crippen molar-refractivity contribution in [2.24, 2.45) is 0 Å². The zero-order chi connectivity index (χ0) is 12.5. The molecule has 86 valence electrons. The number of hydrogen-bond acceptors (Lipinski definition) is 4. The highest BCUT2D eigenvalue weighted by atomic mass is 19.3. The Balaban J connectivity index is 3.51. The maximum absolute atomic E-state index is 12.4. The zero-order valence-electron chi connectivity index (χ0n) is 8.11. The number of aromatic hydroxyl groups is 1. The van der Waals surface area contributed by atoms with Gasteiger partial charge in [-0.25, -0.2) is 8.78 Å². The van der Waals surface area contributed by atoms with Crippen LogP contribution in [-0.2, 0) is 0 Å². The predicted molar refractivity (Wildman–Crippen MR) is 49.7 cm³/mol. The van der Waals surface area contributed by atoms with Crippen molar-refractivity contribution in [1.82, 2.24) is 0 Å². The highest BCUT2D eigenvalue weighted by Gasteiger charge is 2.23. The molecule has 0 bridgehead atoms. The summed E-state index contributed by atoms with van der Waals surface area (Å²) in [7, 11) is 0. The molecule has 0 aliphatic rings. The number of phenolic OH excluding ortho intramolecular Hbond substituents is 1. The third kappa shape index (κ3) is 2.13. The minimum absolute atomic E-state index is 0.482. The van der Waals surface area contributed by atoms with Crippen molar-refractivity contribution < 1.29 is 23.6 Å². The number of carbonyl (C=O) groups is 1. The molecule has 0 aliphatic carbocycles. The molecule has 0 fully saturated rings. The van der Waals surface area contributed by atoms with Gasteiger partial charge in [0.05, 0.1) is 10.5 Å². The average Bonchev–Trinajstić information content (AvgIpc) is 2.16. The van der Waals surface area contributed by atoms with E-state index in [-0.39, 0.29) is 0 Å². The molecule has 0 atom stereocenters. The number of benzene rings is 1. The van der Waals surface area contributed by atoms with Crippen LogP contribution in [0.1, 0.15) is 29.3 Å². The smallest absolute Gasteiger partial charge is 0.311 e. The van der Waals surface area contributed by atoms with E-state index in [4.69, 9.17) is 0 Å². The number of alkyl halides is 2. The molecule has 1 rings (SSSR count). The molecule has 1 aromatic carbocycles. The molecule has 0 saturated carbocycles. The Morgan fingerprint density at radius 2 is 2.06 bits per heavy atom. The second kappa shape index (κ2) is 4.21. The van der Waals surface area contributed by atoms with Gasteiger partial charge in [0.2, 0.25) is 5.75 Å². The van der Waals surface area contributed by atoms with Gasteiger partial charge in [-0.1, -0.05) is 0 Å². The molecule has 1 aromatic rings. The lowest BCUT2D eigenvalue weighted by Crippen LogP contribution is -2.00. The maximum Gasteiger partial charge on any atom is 0.311 e. The van der Waals surface area contributed by atoms with Crippen LogP contribution in [0.25, 0.3) is 0 Å². The van der Waals surface area contributed by atoms with Gasteiger partial charge in [-0.15, -0.1) is 0 Å². The lowest BCUT2D eigenvalue weighted by Gasteiger charge is -2.05. The Morgan fingerprint density at radius 1 is 1.50 bits per heavy atom. The molecule has 16 heavy (non-hydrogen) atoms. The number of hydrogen-bond donors (Lipinski definition) is 1. The molecule has 0 unspecified atom stereocenters. The molecule has 5 nitrogen and oxygen atoms in total. The predicted octanol–water partition coefficient (Wildman–Crippen LogP) is 2.44. The maximum atomic E-state index is 12.4. The topological polar surface area (TPSA) is 80.4 Å². The van der Waals surface area contributed by atoms with E-state index in [1.54, 1.807) is 0 Å². The number of nitro groups is 1. The fourth-order valence-electron chi connectivity index (χ4n) is 1.17. The van der Waals surface area contributed by atoms with E-state index in [1.165, 1.54) is 0 Å². The van der Waals surface area contributed by atoms with E-state index < -0.39 is 39.7 Å². The minimum Gasteiger partial charge on any atom is -0.502 e. The molecule has 0 amide bonds. The van der Waals surface area contributed by atoms with Gasteiger partial charge in [0.25, 0.3) is 6.43 Å². The Morgan fingerprint density at radius 3 is 2.44 bits per heavy atom. The van der Waals surface area contributed by atoms with Crippen LogP contribution in [0.5, 0.6) is 5.75 Å². The Labute approximate surface area is 88.5 Å². The largest absolute Gasteiger partial charge is 0.502 e. The summed E-state index contributed by atoms with van der Waals surface area (Å²) < 4.78 is 24.7. The van der Waals surface area contributed by atoms with Crippen LogP contribution < -0.4 is 0 Å². The lowest BCUT2D eigenvalue weighted by atomic mass is 10.1. The second-order valence-corrected chi connectivity index (χ2v) is 3.05. The second-order valence-electron chi connectivity index (χ2n) is 3.05. The lowest BCUT2D eigenvalue weighted by molar-refractivity contribution is -0.386. The zero-order valence-corrected chi connectivity index (χ0v) is 8.11. The van der Waals surface area contributed by atoms with Crippen molar-refractivity contribution in [3.63, 3.8) is 0 Å². The Bertz CT molecular complexity index is 424. The number of ketones is 1. The minimum atomic E-state index is -2.95. The number of phenols is 1. The first-order valence-electron chi connectivity index (χ1n) is 4.15. The van der Waals surface area contributed by atoms with E-state index in [1.807, 2.05) is 0 Å². The average molecular weight is 231 g/mol. The monoisotopic (exact) mass is 231 g/mol. The number of nitro benzene ring substituents is 1. The number of rotatable bonds is 3. The van der Waals surface area contributed by atoms with Crippen LogP contribution in [-0.4, -0.2) is 15.8 Å². The first-order chi connectivity index (χ1) is 7.34. The first-order valence-corrected chi connectivity index (χ1v) is 4.15. The summed E-state index contributed by atoms with van der Waals surface area (Å²) in [6.07, 6.45) is -2.95. The quantitative estimate of drug-likeness (QED) is 0.492. The molecule has 0 radical (unpaired) electrons. The van der Waals surface area contributed by atoms with E-state index in [0.29, 0.717) is 6.07 Å². The Kier molecular flexibility index (Phi) is 3.17. The summed E-state index contributed by atoms with van der Waals surface area (Å²) in [4.78, 5) is 20.4. The molecule has 0 aliphatic heterocycles. The summed E-state index contributed by atoms with van der Waals surface area (Å²) in [5, 5.41) is 19.8. The van der Waals surface area contributed by atoms with Crippen LogP contribution in [0.4, 0.5) is 14.5 Å².